The third kappa shape index (κ3) is 3.54. The Morgan fingerprint density at radius 1 is 1.24 bits per heavy atom. The normalized spacial score (nSPS) is 14.6. The maximum atomic E-state index is 5.92. The van der Waals surface area contributed by atoms with Crippen LogP contribution in [0.3, 0.4) is 0 Å². The molecular weight excluding hydrogens is 302 g/mol. The number of hydrogen-bond donors (Lipinski definition) is 1. The van der Waals surface area contributed by atoms with Gasteiger partial charge in [-0.15, -0.1) is 11.8 Å². The summed E-state index contributed by atoms with van der Waals surface area (Å²) in [6.07, 6.45) is 1.02. The van der Waals surface area contributed by atoms with Crippen molar-refractivity contribution < 1.29 is 4.74 Å². The van der Waals surface area contributed by atoms with Gasteiger partial charge in [0.25, 0.3) is 0 Å². The molecule has 0 amide bonds. The summed E-state index contributed by atoms with van der Waals surface area (Å²) in [5.41, 5.74) is 2.65. The van der Waals surface area contributed by atoms with Gasteiger partial charge in [-0.05, 0) is 48.5 Å². The zero-order valence-corrected chi connectivity index (χ0v) is 13.5. The lowest BCUT2D eigenvalue weighted by molar-refractivity contribution is 0.357. The molecule has 1 aliphatic heterocycles. The van der Waals surface area contributed by atoms with Gasteiger partial charge in [0.15, 0.2) is 0 Å². The van der Waals surface area contributed by atoms with Crippen molar-refractivity contribution in [3.05, 3.63) is 58.6 Å². The van der Waals surface area contributed by atoms with E-state index < -0.39 is 0 Å². The summed E-state index contributed by atoms with van der Waals surface area (Å²) in [6.45, 7) is 0.808. The highest BCUT2D eigenvalue weighted by atomic mass is 35.5. The van der Waals surface area contributed by atoms with Gasteiger partial charge in [0.1, 0.15) is 5.75 Å². The Morgan fingerprint density at radius 2 is 2.05 bits per heavy atom. The minimum absolute atomic E-state index is 0.330. The average Bonchev–Trinajstić information content (AvgIpc) is 2.97. The van der Waals surface area contributed by atoms with Gasteiger partial charge in [0.05, 0.1) is 6.61 Å². The fraction of sp³-hybridized carbons (Fsp3) is 0.294. The number of thioether (sulfide) groups is 1. The van der Waals surface area contributed by atoms with E-state index in [0.717, 1.165) is 29.6 Å². The van der Waals surface area contributed by atoms with Crippen LogP contribution in [0.15, 0.2) is 47.4 Å². The summed E-state index contributed by atoms with van der Waals surface area (Å²) in [4.78, 5) is 1.24. The lowest BCUT2D eigenvalue weighted by Gasteiger charge is -2.17. The summed E-state index contributed by atoms with van der Waals surface area (Å²) in [7, 11) is 2.01. The molecule has 0 bridgehead atoms. The first-order chi connectivity index (χ1) is 10.3. The molecule has 1 atom stereocenters. The quantitative estimate of drug-likeness (QED) is 0.829. The molecule has 21 heavy (non-hydrogen) atoms. The molecule has 4 heteroatoms. The molecule has 0 saturated carbocycles. The fourth-order valence-corrected chi connectivity index (χ4v) is 3.65. The maximum absolute atomic E-state index is 5.92. The second kappa shape index (κ2) is 6.73. The summed E-state index contributed by atoms with van der Waals surface area (Å²) >= 11 is 7.76. The van der Waals surface area contributed by atoms with Crippen molar-refractivity contribution in [1.29, 1.82) is 0 Å². The molecule has 110 valence electrons. The lowest BCUT2D eigenvalue weighted by atomic mass is 10.0. The van der Waals surface area contributed by atoms with Crippen molar-refractivity contribution >= 4 is 23.4 Å². The number of ether oxygens (including phenoxy) is 1. The molecular formula is C17H18ClNOS. The van der Waals surface area contributed by atoms with Crippen molar-refractivity contribution in [2.24, 2.45) is 0 Å². The molecule has 0 aromatic heterocycles. The molecule has 0 radical (unpaired) electrons. The van der Waals surface area contributed by atoms with Gasteiger partial charge in [-0.3, -0.25) is 0 Å². The molecule has 1 N–H and O–H groups in total. The van der Waals surface area contributed by atoms with Gasteiger partial charge in [-0.2, -0.15) is 0 Å². The minimum atomic E-state index is 0.330. The van der Waals surface area contributed by atoms with Gasteiger partial charge in [0.2, 0.25) is 0 Å². The van der Waals surface area contributed by atoms with Gasteiger partial charge in [-0.1, -0.05) is 23.7 Å². The van der Waals surface area contributed by atoms with Crippen LogP contribution in [0.5, 0.6) is 5.75 Å². The first kappa shape index (κ1) is 14.8. The van der Waals surface area contributed by atoms with Crippen LogP contribution in [-0.2, 0) is 6.42 Å². The van der Waals surface area contributed by atoms with Gasteiger partial charge in [0, 0.05) is 28.1 Å². The van der Waals surface area contributed by atoms with Gasteiger partial charge in [-0.25, -0.2) is 0 Å². The van der Waals surface area contributed by atoms with Crippen LogP contribution in [0.4, 0.5) is 0 Å². The van der Waals surface area contributed by atoms with Crippen molar-refractivity contribution in [3.63, 3.8) is 0 Å². The largest absolute Gasteiger partial charge is 0.493 e. The number of benzene rings is 2. The van der Waals surface area contributed by atoms with E-state index in [2.05, 4.69) is 35.6 Å². The Hall–Kier alpha value is -1.16. The molecule has 1 heterocycles. The second-order valence-electron chi connectivity index (χ2n) is 5.07. The standard InChI is InChI=1S/C17H18ClNOS/c1-19-16(11-21-15-5-3-14(18)4-6-15)12-2-7-17-13(10-12)8-9-20-17/h2-7,10,16,19H,8-9,11H2,1H3. The molecule has 2 aromatic rings. The first-order valence-corrected chi connectivity index (χ1v) is 8.44. The minimum Gasteiger partial charge on any atom is -0.493 e. The van der Waals surface area contributed by atoms with E-state index in [1.165, 1.54) is 16.0 Å². The van der Waals surface area contributed by atoms with Crippen LogP contribution in [0.25, 0.3) is 0 Å². The zero-order valence-electron chi connectivity index (χ0n) is 11.9. The van der Waals surface area contributed by atoms with E-state index >= 15 is 0 Å². The van der Waals surface area contributed by atoms with E-state index in [0.29, 0.717) is 6.04 Å². The van der Waals surface area contributed by atoms with Crippen LogP contribution in [0.2, 0.25) is 5.02 Å². The van der Waals surface area contributed by atoms with Crippen LogP contribution in [0.1, 0.15) is 17.2 Å². The predicted molar refractivity (Wildman–Crippen MR) is 89.6 cm³/mol. The molecule has 2 aromatic carbocycles. The van der Waals surface area contributed by atoms with Crippen LogP contribution in [-0.4, -0.2) is 19.4 Å². The van der Waals surface area contributed by atoms with Crippen LogP contribution >= 0.6 is 23.4 Å². The Bertz CT molecular complexity index is 615. The van der Waals surface area contributed by atoms with E-state index in [9.17, 15) is 0 Å². The number of rotatable bonds is 5. The Morgan fingerprint density at radius 3 is 2.81 bits per heavy atom. The highest BCUT2D eigenvalue weighted by Crippen LogP contribution is 2.30. The molecule has 0 aliphatic carbocycles. The smallest absolute Gasteiger partial charge is 0.122 e. The molecule has 0 spiro atoms. The Labute approximate surface area is 134 Å². The highest BCUT2D eigenvalue weighted by molar-refractivity contribution is 7.99. The van der Waals surface area contributed by atoms with Crippen molar-refractivity contribution in [3.8, 4) is 5.75 Å². The molecule has 0 fully saturated rings. The summed E-state index contributed by atoms with van der Waals surface area (Å²) in [6, 6.07) is 14.9. The number of hydrogen-bond acceptors (Lipinski definition) is 3. The van der Waals surface area contributed by atoms with E-state index in [1.807, 2.05) is 30.9 Å². The Balaban J connectivity index is 1.68. The van der Waals surface area contributed by atoms with Crippen LogP contribution in [0, 0.1) is 0 Å². The summed E-state index contributed by atoms with van der Waals surface area (Å²) < 4.78 is 5.57. The molecule has 2 nitrogen and oxygen atoms in total. The molecule has 0 saturated heterocycles. The van der Waals surface area contributed by atoms with Gasteiger partial charge >= 0.3 is 0 Å². The predicted octanol–water partition coefficient (Wildman–Crippen LogP) is 4.33. The topological polar surface area (TPSA) is 21.3 Å². The van der Waals surface area contributed by atoms with E-state index in [-0.39, 0.29) is 0 Å². The van der Waals surface area contributed by atoms with Crippen molar-refractivity contribution in [2.75, 3.05) is 19.4 Å². The highest BCUT2D eigenvalue weighted by Gasteiger charge is 2.16. The molecule has 3 rings (SSSR count). The SMILES string of the molecule is CNC(CSc1ccc(Cl)cc1)c1ccc2c(c1)CCO2. The van der Waals surface area contributed by atoms with Gasteiger partial charge < -0.3 is 10.1 Å². The van der Waals surface area contributed by atoms with E-state index in [4.69, 9.17) is 16.3 Å². The second-order valence-corrected chi connectivity index (χ2v) is 6.60. The Kier molecular flexibility index (Phi) is 4.73. The van der Waals surface area contributed by atoms with Crippen LogP contribution < -0.4 is 10.1 Å². The monoisotopic (exact) mass is 319 g/mol. The fourth-order valence-electron chi connectivity index (χ4n) is 2.48. The third-order valence-corrected chi connectivity index (χ3v) is 5.05. The number of nitrogens with one attached hydrogen (secondary N) is 1. The summed E-state index contributed by atoms with van der Waals surface area (Å²) in [5, 5.41) is 4.18. The van der Waals surface area contributed by atoms with Crippen molar-refractivity contribution in [2.45, 2.75) is 17.4 Å². The third-order valence-electron chi connectivity index (χ3n) is 3.69. The summed E-state index contributed by atoms with van der Waals surface area (Å²) in [5.74, 6) is 2.02. The molecule has 1 aliphatic rings. The maximum Gasteiger partial charge on any atom is 0.122 e. The van der Waals surface area contributed by atoms with E-state index in [1.54, 1.807) is 0 Å². The number of fused-ring (bicyclic) bond motifs is 1. The van der Waals surface area contributed by atoms with Crippen molar-refractivity contribution in [1.82, 2.24) is 5.32 Å². The first-order valence-electron chi connectivity index (χ1n) is 7.07. The lowest BCUT2D eigenvalue weighted by Crippen LogP contribution is -2.18. The zero-order chi connectivity index (χ0) is 14.7. The average molecular weight is 320 g/mol. The number of halogens is 1. The molecule has 1 unspecified atom stereocenters.